The molecule has 1 aliphatic heterocycles. The average molecular weight is 374 g/mol. The first-order valence-corrected chi connectivity index (χ1v) is 10.1. The van der Waals surface area contributed by atoms with Crippen LogP contribution in [0.5, 0.6) is 0 Å². The largest absolute Gasteiger partial charge is 0.481 e. The van der Waals surface area contributed by atoms with Gasteiger partial charge in [-0.2, -0.15) is 0 Å². The number of rotatable bonds is 4. The van der Waals surface area contributed by atoms with Gasteiger partial charge in [0.1, 0.15) is 25.4 Å². The molecule has 2 N–H and O–H groups in total. The first-order chi connectivity index (χ1) is 12.2. The molecule has 1 aliphatic carbocycles. The fourth-order valence-electron chi connectivity index (χ4n) is 2.98. The summed E-state index contributed by atoms with van der Waals surface area (Å²) in [5.74, 6) is -0.604. The molecule has 0 saturated carbocycles. The van der Waals surface area contributed by atoms with Crippen LogP contribution in [0.15, 0.2) is 40.8 Å². The van der Waals surface area contributed by atoms with Gasteiger partial charge in [0.15, 0.2) is 0 Å². The molecule has 136 valence electrons. The van der Waals surface area contributed by atoms with Crippen molar-refractivity contribution in [1.29, 1.82) is 0 Å². The van der Waals surface area contributed by atoms with Crippen LogP contribution in [0.4, 0.5) is 0 Å². The zero-order valence-corrected chi connectivity index (χ0v) is 15.8. The van der Waals surface area contributed by atoms with Gasteiger partial charge in [-0.05, 0) is 24.6 Å². The highest BCUT2D eigenvalue weighted by Gasteiger charge is 2.31. The fraction of sp³-hybridized carbons (Fsp3) is 0.263. The summed E-state index contributed by atoms with van der Waals surface area (Å²) in [6.07, 6.45) is -0.690. The summed E-state index contributed by atoms with van der Waals surface area (Å²) in [4.78, 5) is 21.6. The van der Waals surface area contributed by atoms with E-state index in [1.165, 1.54) is 0 Å². The van der Waals surface area contributed by atoms with E-state index in [4.69, 9.17) is 9.52 Å². The molecule has 0 fully saturated rings. The highest BCUT2D eigenvalue weighted by Crippen LogP contribution is 2.46. The molecule has 0 spiro atoms. The van der Waals surface area contributed by atoms with Gasteiger partial charge in [-0.25, -0.2) is 4.58 Å². The highest BCUT2D eigenvalue weighted by molar-refractivity contribution is 7.67. The number of fused-ring (bicyclic) bond motifs is 2. The molecule has 26 heavy (non-hydrogen) atoms. The van der Waals surface area contributed by atoms with Crippen LogP contribution in [0.3, 0.4) is 0 Å². The number of carboxylic acid groups (broad SMARTS) is 1. The number of aryl methyl sites for hydroxylation is 1. The minimum atomic E-state index is -3.90. The molecule has 0 aromatic heterocycles. The van der Waals surface area contributed by atoms with Gasteiger partial charge in [-0.3, -0.25) is 9.36 Å². The van der Waals surface area contributed by atoms with Crippen molar-refractivity contribution in [2.75, 3.05) is 20.3 Å². The number of nitrogens with zero attached hydrogens (tertiary/aromatic N) is 1. The van der Waals surface area contributed by atoms with Gasteiger partial charge >= 0.3 is 5.97 Å². The van der Waals surface area contributed by atoms with Crippen LogP contribution in [0.1, 0.15) is 12.0 Å². The molecule has 0 saturated heterocycles. The van der Waals surface area contributed by atoms with E-state index in [1.54, 1.807) is 12.1 Å². The zero-order chi connectivity index (χ0) is 19.1. The summed E-state index contributed by atoms with van der Waals surface area (Å²) in [6, 6.07) is 10.8. The number of carbonyl (C=O) groups is 1. The molecular formula is C19H21NO5P+. The fourth-order valence-corrected chi connectivity index (χ4v) is 4.82. The summed E-state index contributed by atoms with van der Waals surface area (Å²) >= 11 is 0. The summed E-state index contributed by atoms with van der Waals surface area (Å²) in [5.41, 5.74) is 2.00. The van der Waals surface area contributed by atoms with Gasteiger partial charge < -0.3 is 14.4 Å². The van der Waals surface area contributed by atoms with Crippen molar-refractivity contribution in [3.05, 3.63) is 47.3 Å². The van der Waals surface area contributed by atoms with Gasteiger partial charge in [-0.1, -0.05) is 12.1 Å². The number of benzene rings is 2. The lowest BCUT2D eigenvalue weighted by molar-refractivity contribution is -0.136. The van der Waals surface area contributed by atoms with Crippen molar-refractivity contribution in [2.24, 2.45) is 0 Å². The molecule has 0 radical (unpaired) electrons. The molecule has 1 aromatic carbocycles. The Balaban J connectivity index is 2.39. The first-order valence-electron chi connectivity index (χ1n) is 8.21. The maximum atomic E-state index is 13.1. The predicted octanol–water partition coefficient (Wildman–Crippen LogP) is 2.25. The van der Waals surface area contributed by atoms with E-state index < -0.39 is 13.3 Å². The molecule has 1 heterocycles. The lowest BCUT2D eigenvalue weighted by Gasteiger charge is -2.19. The third kappa shape index (κ3) is 3.43. The van der Waals surface area contributed by atoms with Crippen molar-refractivity contribution in [3.8, 4) is 11.3 Å². The molecule has 0 bridgehead atoms. The van der Waals surface area contributed by atoms with Gasteiger partial charge in [0.2, 0.25) is 12.7 Å². The van der Waals surface area contributed by atoms with E-state index in [9.17, 15) is 14.3 Å². The molecule has 6 nitrogen and oxygen atoms in total. The minimum absolute atomic E-state index is 0.264. The van der Waals surface area contributed by atoms with Crippen molar-refractivity contribution in [3.63, 3.8) is 0 Å². The summed E-state index contributed by atoms with van der Waals surface area (Å²) in [5, 5.41) is 10.6. The smallest absolute Gasteiger partial charge is 0.303 e. The number of aliphatic carboxylic acids is 1. The lowest BCUT2D eigenvalue weighted by atomic mass is 10.1. The van der Waals surface area contributed by atoms with E-state index in [0.717, 1.165) is 10.9 Å². The summed E-state index contributed by atoms with van der Waals surface area (Å²) in [6.45, 7) is 1.91. The van der Waals surface area contributed by atoms with Gasteiger partial charge in [-0.15, -0.1) is 0 Å². The van der Waals surface area contributed by atoms with Gasteiger partial charge in [0.25, 0.3) is 0 Å². The standard InChI is InChI=1S/C19H20NO5P/c1-12-4-6-14-16(10-12)25-17-11-13(20(2)3)5-7-15(17)19(14)26(23,24)9-8-18(21)22/h4-7,10-11H,8-9H2,1-3H3,(H-,21,22,23,24)/p+1. The van der Waals surface area contributed by atoms with Gasteiger partial charge in [0, 0.05) is 23.2 Å². The minimum Gasteiger partial charge on any atom is -0.481 e. The Kier molecular flexibility index (Phi) is 4.74. The third-order valence-corrected chi connectivity index (χ3v) is 6.34. The topological polar surface area (TPSA) is 90.8 Å². The van der Waals surface area contributed by atoms with Crippen LogP contribution in [-0.4, -0.2) is 36.2 Å². The number of hydrogen-bond acceptors (Lipinski definition) is 3. The van der Waals surface area contributed by atoms with Crippen LogP contribution >= 0.6 is 7.37 Å². The predicted molar refractivity (Wildman–Crippen MR) is 101 cm³/mol. The zero-order valence-electron chi connectivity index (χ0n) is 14.9. The maximum Gasteiger partial charge on any atom is 0.303 e. The highest BCUT2D eigenvalue weighted by atomic mass is 31.2. The van der Waals surface area contributed by atoms with E-state index in [0.29, 0.717) is 22.3 Å². The molecule has 1 unspecified atom stereocenters. The molecule has 2 aliphatic rings. The average Bonchev–Trinajstić information content (AvgIpc) is 2.57. The Morgan fingerprint density at radius 2 is 1.92 bits per heavy atom. The van der Waals surface area contributed by atoms with Crippen molar-refractivity contribution >= 4 is 29.6 Å². The second-order valence-corrected chi connectivity index (χ2v) is 8.89. The number of carboxylic acids is 1. The second-order valence-electron chi connectivity index (χ2n) is 6.59. The first kappa shape index (κ1) is 18.4. The molecule has 1 aromatic rings. The Morgan fingerprint density at radius 1 is 1.19 bits per heavy atom. The Labute approximate surface area is 150 Å². The Hall–Kier alpha value is -2.43. The molecule has 1 atom stereocenters. The second kappa shape index (κ2) is 6.71. The van der Waals surface area contributed by atoms with Crippen molar-refractivity contribution in [1.82, 2.24) is 4.58 Å². The monoisotopic (exact) mass is 374 g/mol. The SMILES string of the molecule is Cc1ccc2c(P(=O)(O)CCC(=O)O)c3ccc(=[N+](C)C)cc-3oc2c1. The van der Waals surface area contributed by atoms with Crippen molar-refractivity contribution < 1.29 is 23.8 Å². The molecule has 0 amide bonds. The van der Waals surface area contributed by atoms with Crippen molar-refractivity contribution in [2.45, 2.75) is 13.3 Å². The maximum absolute atomic E-state index is 13.1. The summed E-state index contributed by atoms with van der Waals surface area (Å²) in [7, 11) is -0.0985. The van der Waals surface area contributed by atoms with Crippen LogP contribution in [0.2, 0.25) is 0 Å². The van der Waals surface area contributed by atoms with E-state index in [1.807, 2.05) is 49.9 Å². The molecule has 7 heteroatoms. The Bertz CT molecular complexity index is 1090. The van der Waals surface area contributed by atoms with Crippen LogP contribution < -0.4 is 15.2 Å². The van der Waals surface area contributed by atoms with E-state index in [-0.39, 0.29) is 17.9 Å². The Morgan fingerprint density at radius 3 is 2.58 bits per heavy atom. The lowest BCUT2D eigenvalue weighted by Crippen LogP contribution is -2.23. The molecule has 3 rings (SSSR count). The normalized spacial score (nSPS) is 13.7. The quantitative estimate of drug-likeness (QED) is 0.415. The summed E-state index contributed by atoms with van der Waals surface area (Å²) < 4.78 is 21.0. The van der Waals surface area contributed by atoms with Crippen LogP contribution in [0.25, 0.3) is 22.3 Å². The third-order valence-electron chi connectivity index (χ3n) is 4.33. The van der Waals surface area contributed by atoms with Gasteiger partial charge in [0.05, 0.1) is 17.8 Å². The van der Waals surface area contributed by atoms with E-state index >= 15 is 0 Å². The molecular weight excluding hydrogens is 353 g/mol. The number of hydrogen-bond donors (Lipinski definition) is 2. The van der Waals surface area contributed by atoms with Crippen LogP contribution in [0, 0.1) is 6.92 Å². The van der Waals surface area contributed by atoms with Crippen LogP contribution in [-0.2, 0) is 9.36 Å². The van der Waals surface area contributed by atoms with E-state index in [2.05, 4.69) is 0 Å².